The van der Waals surface area contributed by atoms with Crippen molar-refractivity contribution in [1.29, 1.82) is 0 Å². The Balaban J connectivity index is 3.59. The molecule has 2 atom stereocenters. The molecule has 0 rings (SSSR count). The molecule has 0 aliphatic rings. The Morgan fingerprint density at radius 2 is 0.643 bits per heavy atom. The lowest BCUT2D eigenvalue weighted by molar-refractivity contribution is -0.123. The summed E-state index contributed by atoms with van der Waals surface area (Å²) in [6, 6.07) is -0.655. The summed E-state index contributed by atoms with van der Waals surface area (Å²) >= 11 is 0. The summed E-state index contributed by atoms with van der Waals surface area (Å²) < 4.78 is 0. The molecule has 0 aliphatic carbocycles. The summed E-state index contributed by atoms with van der Waals surface area (Å²) in [5, 5.41) is 23.2. The lowest BCUT2D eigenvalue weighted by Gasteiger charge is -2.19. The SMILES string of the molecule is CC/C=C\C/C=C\C/C=C\C/C=C\C/C=C\C/C=C\CCCCCCCCCCCCCCC(=O)NC(CO)C(O)/C=C/CC/C=C/CC/C=C/CCCCCCCCCCCCCCCCCCC. The third kappa shape index (κ3) is 56.0. The standard InChI is InChI=1S/C66H115NO3/c1-3-5-7-9-11-13-15-17-19-21-23-25-27-29-31-32-33-34-36-38-40-42-44-46-48-50-52-54-56-58-60-62-66(70)67-64(63-68)65(69)61-59-57-55-53-51-49-47-45-43-41-39-37-35-30-28-26-24-22-20-18-16-14-12-10-8-6-4-2/h5,7,11,13,17,19,23,25,29,31,33-34,43,45,51,53,59,61,64-65,68-69H,3-4,6,8-10,12,14-16,18,20-22,24,26-28,30,32,35-42,44,46-50,52,54-58,60,62-63H2,1-2H3,(H,67,70)/b7-5-,13-11-,19-17-,25-23-,31-29-,34-33-,45-43+,53-51+,61-59+. The van der Waals surface area contributed by atoms with E-state index in [1.165, 1.54) is 186 Å². The molecule has 4 nitrogen and oxygen atoms in total. The van der Waals surface area contributed by atoms with Gasteiger partial charge in [0.15, 0.2) is 0 Å². The van der Waals surface area contributed by atoms with Gasteiger partial charge >= 0.3 is 0 Å². The van der Waals surface area contributed by atoms with E-state index in [0.717, 1.165) is 77.0 Å². The van der Waals surface area contributed by atoms with E-state index in [-0.39, 0.29) is 12.5 Å². The van der Waals surface area contributed by atoms with Gasteiger partial charge in [-0.15, -0.1) is 0 Å². The van der Waals surface area contributed by atoms with Crippen molar-refractivity contribution in [3.63, 3.8) is 0 Å². The molecule has 0 aromatic carbocycles. The van der Waals surface area contributed by atoms with E-state index in [4.69, 9.17) is 0 Å². The summed E-state index contributed by atoms with van der Waals surface area (Å²) in [4.78, 5) is 12.5. The predicted octanol–water partition coefficient (Wildman–Crippen LogP) is 20.3. The van der Waals surface area contributed by atoms with Crippen molar-refractivity contribution in [2.24, 2.45) is 0 Å². The van der Waals surface area contributed by atoms with Gasteiger partial charge < -0.3 is 15.5 Å². The van der Waals surface area contributed by atoms with Crippen molar-refractivity contribution in [3.05, 3.63) is 109 Å². The Bertz CT molecular complexity index is 1330. The second-order valence-corrected chi connectivity index (χ2v) is 20.0. The number of unbranched alkanes of at least 4 members (excludes halogenated alkanes) is 31. The summed E-state index contributed by atoms with van der Waals surface area (Å²) in [6.07, 6.45) is 91.2. The molecule has 0 saturated carbocycles. The zero-order chi connectivity index (χ0) is 50.6. The monoisotopic (exact) mass is 970 g/mol. The van der Waals surface area contributed by atoms with Crippen molar-refractivity contribution < 1.29 is 15.0 Å². The highest BCUT2D eigenvalue weighted by Crippen LogP contribution is 2.16. The van der Waals surface area contributed by atoms with Crippen molar-refractivity contribution in [1.82, 2.24) is 5.32 Å². The fraction of sp³-hybridized carbons (Fsp3) is 0.712. The molecule has 0 aliphatic heterocycles. The summed E-state index contributed by atoms with van der Waals surface area (Å²) in [6.45, 7) is 4.19. The Morgan fingerprint density at radius 3 is 1.00 bits per heavy atom. The molecular formula is C66H115NO3. The summed E-state index contributed by atoms with van der Waals surface area (Å²) in [5.41, 5.74) is 0. The molecular weight excluding hydrogens is 855 g/mol. The highest BCUT2D eigenvalue weighted by atomic mass is 16.3. The van der Waals surface area contributed by atoms with Crippen LogP contribution in [0, 0.1) is 0 Å². The number of rotatable bonds is 54. The largest absolute Gasteiger partial charge is 0.394 e. The van der Waals surface area contributed by atoms with Gasteiger partial charge in [0.25, 0.3) is 0 Å². The van der Waals surface area contributed by atoms with Gasteiger partial charge in [-0.05, 0) is 96.3 Å². The maximum atomic E-state index is 12.5. The van der Waals surface area contributed by atoms with E-state index in [0.29, 0.717) is 6.42 Å². The van der Waals surface area contributed by atoms with Gasteiger partial charge in [0.05, 0.1) is 18.8 Å². The van der Waals surface area contributed by atoms with E-state index in [9.17, 15) is 15.0 Å². The van der Waals surface area contributed by atoms with Gasteiger partial charge in [0, 0.05) is 6.42 Å². The number of hydrogen-bond donors (Lipinski definition) is 3. The van der Waals surface area contributed by atoms with Crippen molar-refractivity contribution in [3.8, 4) is 0 Å². The Morgan fingerprint density at radius 1 is 0.357 bits per heavy atom. The Hall–Kier alpha value is -2.95. The van der Waals surface area contributed by atoms with Crippen LogP contribution in [0.5, 0.6) is 0 Å². The van der Waals surface area contributed by atoms with E-state index >= 15 is 0 Å². The molecule has 0 fully saturated rings. The third-order valence-electron chi connectivity index (χ3n) is 13.2. The van der Waals surface area contributed by atoms with Gasteiger partial charge in [-0.25, -0.2) is 0 Å². The highest BCUT2D eigenvalue weighted by molar-refractivity contribution is 5.76. The number of allylic oxidation sites excluding steroid dienone is 17. The molecule has 0 saturated heterocycles. The molecule has 3 N–H and O–H groups in total. The Kier molecular flexibility index (Phi) is 57.8. The molecule has 0 radical (unpaired) electrons. The highest BCUT2D eigenvalue weighted by Gasteiger charge is 2.18. The Labute approximate surface area is 436 Å². The smallest absolute Gasteiger partial charge is 0.220 e. The summed E-state index contributed by atoms with van der Waals surface area (Å²) in [5.74, 6) is -0.0823. The first kappa shape index (κ1) is 67.0. The molecule has 402 valence electrons. The average Bonchev–Trinajstić information content (AvgIpc) is 3.36. The first-order valence-corrected chi connectivity index (χ1v) is 30.1. The molecule has 0 heterocycles. The second kappa shape index (κ2) is 60.4. The molecule has 4 heteroatoms. The first-order chi connectivity index (χ1) is 34.7. The number of nitrogens with one attached hydrogen (secondary N) is 1. The minimum absolute atomic E-state index is 0.0823. The molecule has 1 amide bonds. The topological polar surface area (TPSA) is 69.6 Å². The number of aliphatic hydroxyl groups is 2. The van der Waals surface area contributed by atoms with Crippen LogP contribution in [0.25, 0.3) is 0 Å². The first-order valence-electron chi connectivity index (χ1n) is 30.1. The second-order valence-electron chi connectivity index (χ2n) is 20.0. The van der Waals surface area contributed by atoms with Crippen molar-refractivity contribution in [2.45, 2.75) is 296 Å². The number of carbonyl (C=O) groups excluding carboxylic acids is 1. The quantitative estimate of drug-likeness (QED) is 0.0420. The fourth-order valence-corrected chi connectivity index (χ4v) is 8.69. The molecule has 0 aromatic rings. The lowest BCUT2D eigenvalue weighted by Crippen LogP contribution is -2.45. The van der Waals surface area contributed by atoms with Crippen LogP contribution in [0.15, 0.2) is 109 Å². The van der Waals surface area contributed by atoms with Crippen LogP contribution in [-0.2, 0) is 4.79 Å². The van der Waals surface area contributed by atoms with Crippen LogP contribution in [0.2, 0.25) is 0 Å². The van der Waals surface area contributed by atoms with Gasteiger partial charge in [-0.3, -0.25) is 4.79 Å². The third-order valence-corrected chi connectivity index (χ3v) is 13.2. The van der Waals surface area contributed by atoms with Crippen molar-refractivity contribution in [2.75, 3.05) is 6.61 Å². The minimum atomic E-state index is -0.879. The van der Waals surface area contributed by atoms with Gasteiger partial charge in [-0.1, -0.05) is 290 Å². The number of carbonyl (C=O) groups is 1. The fourth-order valence-electron chi connectivity index (χ4n) is 8.69. The lowest BCUT2D eigenvalue weighted by atomic mass is 10.0. The van der Waals surface area contributed by atoms with Crippen LogP contribution in [0.1, 0.15) is 284 Å². The van der Waals surface area contributed by atoms with Gasteiger partial charge in [0.2, 0.25) is 5.91 Å². The maximum absolute atomic E-state index is 12.5. The normalized spacial score (nSPS) is 13.6. The predicted molar refractivity (Wildman–Crippen MR) is 313 cm³/mol. The van der Waals surface area contributed by atoms with Crippen LogP contribution < -0.4 is 5.32 Å². The van der Waals surface area contributed by atoms with Gasteiger partial charge in [-0.2, -0.15) is 0 Å². The van der Waals surface area contributed by atoms with Crippen LogP contribution >= 0.6 is 0 Å². The van der Waals surface area contributed by atoms with E-state index in [1.807, 2.05) is 6.08 Å². The zero-order valence-electron chi connectivity index (χ0n) is 46.3. The van der Waals surface area contributed by atoms with E-state index < -0.39 is 12.1 Å². The van der Waals surface area contributed by atoms with Gasteiger partial charge in [0.1, 0.15) is 0 Å². The van der Waals surface area contributed by atoms with Crippen LogP contribution in [-0.4, -0.2) is 34.9 Å². The van der Waals surface area contributed by atoms with Crippen LogP contribution in [0.4, 0.5) is 0 Å². The van der Waals surface area contributed by atoms with E-state index in [1.54, 1.807) is 6.08 Å². The zero-order valence-corrected chi connectivity index (χ0v) is 46.3. The molecule has 0 bridgehead atoms. The molecule has 0 aromatic heterocycles. The number of amides is 1. The molecule has 70 heavy (non-hydrogen) atoms. The number of hydrogen-bond acceptors (Lipinski definition) is 3. The number of aliphatic hydroxyl groups excluding tert-OH is 2. The maximum Gasteiger partial charge on any atom is 0.220 e. The average molecular weight is 971 g/mol. The minimum Gasteiger partial charge on any atom is -0.394 e. The van der Waals surface area contributed by atoms with Crippen LogP contribution in [0.3, 0.4) is 0 Å². The van der Waals surface area contributed by atoms with Crippen molar-refractivity contribution >= 4 is 5.91 Å². The molecule has 0 spiro atoms. The summed E-state index contributed by atoms with van der Waals surface area (Å²) in [7, 11) is 0. The van der Waals surface area contributed by atoms with E-state index in [2.05, 4.69) is 116 Å². The molecule has 2 unspecified atom stereocenters.